The molecule has 0 saturated heterocycles. The third-order valence-corrected chi connectivity index (χ3v) is 6.40. The van der Waals surface area contributed by atoms with Gasteiger partial charge in [-0.2, -0.15) is 5.26 Å². The predicted molar refractivity (Wildman–Crippen MR) is 208 cm³/mol. The van der Waals surface area contributed by atoms with Crippen LogP contribution in [0.3, 0.4) is 0 Å². The van der Waals surface area contributed by atoms with Crippen molar-refractivity contribution in [3.8, 4) is 28.7 Å². The zero-order chi connectivity index (χ0) is 42.6. The molecule has 56 heavy (non-hydrogen) atoms. The summed E-state index contributed by atoms with van der Waals surface area (Å²) in [5.41, 5.74) is -2.16. The first-order chi connectivity index (χ1) is 25.7. The lowest BCUT2D eigenvalue weighted by atomic mass is 10.0. The molecule has 0 heterocycles. The smallest absolute Gasteiger partial charge is 0.417 e. The maximum atomic E-state index is 13.1. The van der Waals surface area contributed by atoms with Gasteiger partial charge in [-0.3, -0.25) is 21.5 Å². The van der Waals surface area contributed by atoms with Crippen molar-refractivity contribution < 1.29 is 47.6 Å². The first-order valence-electron chi connectivity index (χ1n) is 17.7. The molecule has 0 aliphatic rings. The van der Waals surface area contributed by atoms with Crippen LogP contribution in [0.2, 0.25) is 0 Å². The molecule has 0 saturated carbocycles. The number of hydrogen-bond acceptors (Lipinski definition) is 13. The molecule has 0 bridgehead atoms. The number of ether oxygens (including phenoxy) is 6. The summed E-state index contributed by atoms with van der Waals surface area (Å²) in [4.78, 5) is 52.6. The predicted octanol–water partition coefficient (Wildman–Crippen LogP) is 7.38. The summed E-state index contributed by atoms with van der Waals surface area (Å²) in [6.45, 7) is 19.2. The lowest BCUT2D eigenvalue weighted by molar-refractivity contribution is 0.0325. The number of nitrogens with zero attached hydrogens (tertiary/aromatic N) is 3. The van der Waals surface area contributed by atoms with E-state index in [1.54, 1.807) is 119 Å². The summed E-state index contributed by atoms with van der Waals surface area (Å²) in [5.74, 6) is -0.546. The molecule has 0 spiro atoms. The van der Waals surface area contributed by atoms with Gasteiger partial charge in [0.05, 0.1) is 24.7 Å². The van der Waals surface area contributed by atoms with Gasteiger partial charge in [0.1, 0.15) is 47.1 Å². The Bertz CT molecular complexity index is 1790. The standard InChI is InChI=1S/C39H55N7O10/c1-36(2,3)53-32(47)43-30(41)45(34(49)55-38(7,8)9)17-19-51-27-22-25(24-40)21-26(23-27)28-15-13-14-16-29(28)52-20-18-46(35(50)56-39(10,11)12)31(42)44-33(48)54-37(4,5)6/h13-16,21-23H,17-20H2,1-12H3,(H2,41,43,47)(H2,42,44,48). The van der Waals surface area contributed by atoms with Gasteiger partial charge in [-0.25, -0.2) is 29.0 Å². The Morgan fingerprint density at radius 3 is 1.50 bits per heavy atom. The summed E-state index contributed by atoms with van der Waals surface area (Å²) in [6.07, 6.45) is -3.65. The number of nitriles is 1. The Morgan fingerprint density at radius 2 is 1.07 bits per heavy atom. The molecule has 0 aliphatic heterocycles. The van der Waals surface area contributed by atoms with E-state index >= 15 is 0 Å². The second kappa shape index (κ2) is 19.0. The van der Waals surface area contributed by atoms with Crippen LogP contribution < -0.4 is 20.1 Å². The Kier molecular flexibility index (Phi) is 15.6. The van der Waals surface area contributed by atoms with E-state index in [2.05, 4.69) is 16.7 Å². The molecule has 2 aromatic rings. The number of rotatable bonds is 9. The van der Waals surface area contributed by atoms with Crippen LogP contribution >= 0.6 is 0 Å². The lowest BCUT2D eigenvalue weighted by Crippen LogP contribution is -2.50. The molecule has 0 radical (unpaired) electrons. The second-order valence-electron chi connectivity index (χ2n) is 16.3. The fourth-order valence-electron chi connectivity index (χ4n) is 4.39. The van der Waals surface area contributed by atoms with E-state index in [0.29, 0.717) is 16.9 Å². The molecule has 4 N–H and O–H groups in total. The van der Waals surface area contributed by atoms with E-state index < -0.39 is 58.7 Å². The van der Waals surface area contributed by atoms with E-state index in [0.717, 1.165) is 9.80 Å². The van der Waals surface area contributed by atoms with Gasteiger partial charge in [0, 0.05) is 5.56 Å². The number of benzene rings is 2. The van der Waals surface area contributed by atoms with Crippen molar-refractivity contribution in [2.75, 3.05) is 26.3 Å². The molecule has 4 amide bonds. The number of amides is 4. The number of alkyl carbamates (subject to hydrolysis) is 2. The minimum absolute atomic E-state index is 0.139. The fourth-order valence-corrected chi connectivity index (χ4v) is 4.39. The minimum atomic E-state index is -0.933. The van der Waals surface area contributed by atoms with E-state index in [-0.39, 0.29) is 37.6 Å². The Hall–Kier alpha value is -6.05. The van der Waals surface area contributed by atoms with Crippen LogP contribution in [0.25, 0.3) is 11.1 Å². The zero-order valence-electron chi connectivity index (χ0n) is 34.3. The largest absolute Gasteiger partial charge is 0.492 e. The van der Waals surface area contributed by atoms with Gasteiger partial charge >= 0.3 is 24.4 Å². The maximum Gasteiger partial charge on any atom is 0.417 e. The third-order valence-electron chi connectivity index (χ3n) is 6.40. The van der Waals surface area contributed by atoms with Crippen LogP contribution in [-0.4, -0.2) is 94.8 Å². The molecular weight excluding hydrogens is 726 g/mol. The van der Waals surface area contributed by atoms with Gasteiger partial charge in [0.25, 0.3) is 0 Å². The zero-order valence-corrected chi connectivity index (χ0v) is 34.3. The molecule has 0 fully saturated rings. The number of carbonyl (C=O) groups is 4. The highest BCUT2D eigenvalue weighted by atomic mass is 16.6. The van der Waals surface area contributed by atoms with E-state index in [9.17, 15) is 24.4 Å². The van der Waals surface area contributed by atoms with Crippen molar-refractivity contribution >= 4 is 36.3 Å². The molecular formula is C39H55N7O10. The molecule has 0 aliphatic carbocycles. The molecule has 0 unspecified atom stereocenters. The number of guanidine groups is 2. The number of nitrogens with one attached hydrogen (secondary N) is 4. The SMILES string of the molecule is CC(C)(C)OC(=O)NC(=N)N(CCOc1cc(C#N)cc(-c2ccccc2OCCN(C(=N)NC(=O)OC(C)(C)C)C(=O)OC(C)(C)C)c1)C(=O)OC(C)(C)C. The monoisotopic (exact) mass is 781 g/mol. The number of para-hydroxylation sites is 1. The molecule has 0 aromatic heterocycles. The van der Waals surface area contributed by atoms with Gasteiger partial charge in [-0.1, -0.05) is 18.2 Å². The Morgan fingerprint density at radius 1 is 0.643 bits per heavy atom. The Balaban J connectivity index is 2.30. The summed E-state index contributed by atoms with van der Waals surface area (Å²) >= 11 is 0. The average Bonchev–Trinajstić information content (AvgIpc) is 3.01. The lowest BCUT2D eigenvalue weighted by Gasteiger charge is -2.28. The van der Waals surface area contributed by atoms with Crippen molar-refractivity contribution in [2.24, 2.45) is 0 Å². The van der Waals surface area contributed by atoms with Crippen LogP contribution in [0.1, 0.15) is 88.6 Å². The average molecular weight is 782 g/mol. The summed E-state index contributed by atoms with van der Waals surface area (Å²) in [6, 6.07) is 13.8. The van der Waals surface area contributed by atoms with Crippen molar-refractivity contribution in [1.29, 1.82) is 16.1 Å². The minimum Gasteiger partial charge on any atom is -0.492 e. The first kappa shape index (κ1) is 46.1. The molecule has 2 rings (SSSR count). The van der Waals surface area contributed by atoms with E-state index in [1.807, 2.05) is 0 Å². The fraction of sp³-hybridized carbons (Fsp3) is 0.513. The highest BCUT2D eigenvalue weighted by molar-refractivity contribution is 6.00. The van der Waals surface area contributed by atoms with Crippen LogP contribution in [0, 0.1) is 22.1 Å². The molecule has 17 nitrogen and oxygen atoms in total. The van der Waals surface area contributed by atoms with Crippen molar-refractivity contribution in [3.63, 3.8) is 0 Å². The number of hydrogen-bond donors (Lipinski definition) is 4. The topological polar surface area (TPSA) is 226 Å². The molecule has 17 heteroatoms. The normalized spacial score (nSPS) is 11.6. The van der Waals surface area contributed by atoms with Crippen molar-refractivity contribution in [2.45, 2.75) is 105 Å². The third kappa shape index (κ3) is 17.0. The van der Waals surface area contributed by atoms with Gasteiger partial charge in [-0.05, 0) is 113 Å². The van der Waals surface area contributed by atoms with Gasteiger partial charge in [0.2, 0.25) is 11.9 Å². The van der Waals surface area contributed by atoms with Crippen LogP contribution in [0.15, 0.2) is 42.5 Å². The Labute approximate surface area is 328 Å². The first-order valence-corrected chi connectivity index (χ1v) is 17.7. The molecule has 306 valence electrons. The second-order valence-corrected chi connectivity index (χ2v) is 16.3. The van der Waals surface area contributed by atoms with Crippen LogP contribution in [0.5, 0.6) is 11.5 Å². The highest BCUT2D eigenvalue weighted by Crippen LogP contribution is 2.33. The summed E-state index contributed by atoms with van der Waals surface area (Å²) < 4.78 is 33.4. The van der Waals surface area contributed by atoms with Gasteiger partial charge in [-0.15, -0.1) is 0 Å². The van der Waals surface area contributed by atoms with Gasteiger partial charge in [0.15, 0.2) is 0 Å². The van der Waals surface area contributed by atoms with Gasteiger partial charge < -0.3 is 28.4 Å². The summed E-state index contributed by atoms with van der Waals surface area (Å²) in [7, 11) is 0. The van der Waals surface area contributed by atoms with Crippen LogP contribution in [0.4, 0.5) is 19.2 Å². The summed E-state index contributed by atoms with van der Waals surface area (Å²) in [5, 5.41) is 31.2. The molecule has 0 atom stereocenters. The highest BCUT2D eigenvalue weighted by Gasteiger charge is 2.29. The molecule has 2 aromatic carbocycles. The maximum absolute atomic E-state index is 13.1. The number of carbonyl (C=O) groups excluding carboxylic acids is 4. The van der Waals surface area contributed by atoms with Crippen molar-refractivity contribution in [1.82, 2.24) is 20.4 Å². The van der Waals surface area contributed by atoms with Crippen molar-refractivity contribution in [3.05, 3.63) is 48.0 Å². The van der Waals surface area contributed by atoms with E-state index in [1.165, 1.54) is 6.07 Å². The quantitative estimate of drug-likeness (QED) is 0.112. The van der Waals surface area contributed by atoms with Crippen LogP contribution in [-0.2, 0) is 18.9 Å². The van der Waals surface area contributed by atoms with E-state index in [4.69, 9.17) is 39.2 Å².